The number of para-hydroxylation sites is 1. The Kier molecular flexibility index (Phi) is 13.4. The minimum Gasteiger partial charge on any atom is -0.493 e. The first kappa shape index (κ1) is 34.8. The molecule has 4 rings (SSSR count). The highest BCUT2D eigenvalue weighted by Gasteiger charge is 2.09. The molecule has 0 atom stereocenters. The van der Waals surface area contributed by atoms with Gasteiger partial charge in [-0.25, -0.2) is 9.59 Å². The molecule has 0 fully saturated rings. The van der Waals surface area contributed by atoms with Gasteiger partial charge in [0.1, 0.15) is 18.1 Å². The first-order chi connectivity index (χ1) is 22.8. The standard InChI is InChI=1S/C39H44N2O6/c1-28(2)11-7-12-29(3)13-8-14-30(4)23-26-45-33-21-19-31(20-22-33)37(42)46-25-10-24-44-34-16-9-15-32(27-34)40-39-41-36-18-6-5-17-35(36)38(43)47-39/h5-6,9,11,13,15-23,27H,7-8,10,12,14,24-26H2,1-4H3,(H,40,41)/b29-13+,30-23+. The zero-order chi connectivity index (χ0) is 33.4. The highest BCUT2D eigenvalue weighted by Crippen LogP contribution is 2.22. The molecule has 246 valence electrons. The molecule has 3 aromatic carbocycles. The molecule has 1 heterocycles. The van der Waals surface area contributed by atoms with E-state index in [-0.39, 0.29) is 12.6 Å². The number of hydrogen-bond acceptors (Lipinski definition) is 8. The predicted octanol–water partition coefficient (Wildman–Crippen LogP) is 9.36. The summed E-state index contributed by atoms with van der Waals surface area (Å²) in [5.41, 5.74) is 5.30. The molecule has 0 aliphatic carbocycles. The number of ether oxygens (including phenoxy) is 3. The number of benzene rings is 3. The summed E-state index contributed by atoms with van der Waals surface area (Å²) >= 11 is 0. The highest BCUT2D eigenvalue weighted by molar-refractivity contribution is 5.89. The van der Waals surface area contributed by atoms with Crippen molar-refractivity contribution in [3.05, 3.63) is 124 Å². The van der Waals surface area contributed by atoms with Crippen LogP contribution in [0.5, 0.6) is 11.5 Å². The smallest absolute Gasteiger partial charge is 0.348 e. The Morgan fingerprint density at radius 3 is 2.34 bits per heavy atom. The summed E-state index contributed by atoms with van der Waals surface area (Å²) in [5.74, 6) is 0.916. The van der Waals surface area contributed by atoms with Crippen LogP contribution < -0.4 is 20.4 Å². The van der Waals surface area contributed by atoms with Gasteiger partial charge < -0.3 is 23.9 Å². The number of nitrogens with one attached hydrogen (secondary N) is 1. The van der Waals surface area contributed by atoms with Gasteiger partial charge in [-0.2, -0.15) is 4.98 Å². The second kappa shape index (κ2) is 18.1. The fourth-order valence-corrected chi connectivity index (χ4v) is 4.66. The molecule has 0 aliphatic heterocycles. The fourth-order valence-electron chi connectivity index (χ4n) is 4.66. The van der Waals surface area contributed by atoms with E-state index in [0.717, 1.165) is 25.7 Å². The number of aromatic nitrogens is 1. The molecule has 8 heteroatoms. The van der Waals surface area contributed by atoms with E-state index < -0.39 is 11.6 Å². The van der Waals surface area contributed by atoms with E-state index in [0.29, 0.717) is 53.3 Å². The van der Waals surface area contributed by atoms with Gasteiger partial charge in [0.15, 0.2) is 0 Å². The molecular formula is C39H44N2O6. The normalized spacial score (nSPS) is 11.7. The maximum absolute atomic E-state index is 12.5. The lowest BCUT2D eigenvalue weighted by Crippen LogP contribution is -2.09. The summed E-state index contributed by atoms with van der Waals surface area (Å²) in [6, 6.07) is 21.3. The summed E-state index contributed by atoms with van der Waals surface area (Å²) in [7, 11) is 0. The Hall–Kier alpha value is -5.11. The molecule has 0 radical (unpaired) electrons. The van der Waals surface area contributed by atoms with E-state index in [1.807, 2.05) is 24.3 Å². The van der Waals surface area contributed by atoms with Gasteiger partial charge in [-0.3, -0.25) is 0 Å². The topological polar surface area (TPSA) is 99.9 Å². The van der Waals surface area contributed by atoms with Crippen molar-refractivity contribution < 1.29 is 23.4 Å². The van der Waals surface area contributed by atoms with Crippen molar-refractivity contribution >= 4 is 28.6 Å². The van der Waals surface area contributed by atoms with Gasteiger partial charge in [-0.05, 0) is 108 Å². The van der Waals surface area contributed by atoms with Crippen LogP contribution in [-0.2, 0) is 4.74 Å². The SMILES string of the molecule is CC(C)=CCC/C(C)=C/CC/C(C)=C/COc1ccc(C(=O)OCCCOc2cccc(Nc3nc4ccccc4c(=O)o3)c2)cc1. The van der Waals surface area contributed by atoms with Crippen molar-refractivity contribution in [3.8, 4) is 11.5 Å². The number of anilines is 2. The minimum absolute atomic E-state index is 0.0970. The number of carbonyl (C=O) groups is 1. The van der Waals surface area contributed by atoms with Gasteiger partial charge in [-0.1, -0.05) is 47.1 Å². The van der Waals surface area contributed by atoms with Gasteiger partial charge in [0.2, 0.25) is 0 Å². The van der Waals surface area contributed by atoms with Crippen LogP contribution in [0, 0.1) is 0 Å². The fraction of sp³-hybridized carbons (Fsp3) is 0.308. The monoisotopic (exact) mass is 636 g/mol. The summed E-state index contributed by atoms with van der Waals surface area (Å²) < 4.78 is 22.4. The maximum Gasteiger partial charge on any atom is 0.348 e. The van der Waals surface area contributed by atoms with E-state index in [2.05, 4.69) is 56.2 Å². The minimum atomic E-state index is -0.460. The number of nitrogens with zero attached hydrogens (tertiary/aromatic N) is 1. The largest absolute Gasteiger partial charge is 0.493 e. The average Bonchev–Trinajstić information content (AvgIpc) is 3.05. The van der Waals surface area contributed by atoms with Gasteiger partial charge in [-0.15, -0.1) is 0 Å². The zero-order valence-electron chi connectivity index (χ0n) is 27.7. The lowest BCUT2D eigenvalue weighted by atomic mass is 10.1. The Morgan fingerprint density at radius 2 is 1.55 bits per heavy atom. The van der Waals surface area contributed by atoms with Crippen LogP contribution in [0.1, 0.15) is 70.2 Å². The Labute approximate surface area is 276 Å². The number of allylic oxidation sites excluding steroid dienone is 5. The number of rotatable bonds is 17. The number of esters is 1. The Morgan fingerprint density at radius 1 is 0.809 bits per heavy atom. The number of hydrogen-bond donors (Lipinski definition) is 1. The lowest BCUT2D eigenvalue weighted by Gasteiger charge is -2.10. The van der Waals surface area contributed by atoms with Crippen LogP contribution in [0.4, 0.5) is 11.7 Å². The van der Waals surface area contributed by atoms with Crippen molar-refractivity contribution in [2.24, 2.45) is 0 Å². The molecule has 1 aromatic heterocycles. The van der Waals surface area contributed by atoms with Crippen LogP contribution in [0.25, 0.3) is 10.9 Å². The summed E-state index contributed by atoms with van der Waals surface area (Å²) in [6.45, 7) is 9.65. The molecule has 0 spiro atoms. The van der Waals surface area contributed by atoms with Gasteiger partial charge in [0.25, 0.3) is 0 Å². The van der Waals surface area contributed by atoms with Crippen molar-refractivity contribution in [2.45, 2.75) is 59.8 Å². The van der Waals surface area contributed by atoms with Gasteiger partial charge in [0, 0.05) is 18.2 Å². The third-order valence-electron chi connectivity index (χ3n) is 7.31. The first-order valence-electron chi connectivity index (χ1n) is 16.0. The summed E-state index contributed by atoms with van der Waals surface area (Å²) in [6.07, 6.45) is 11.5. The zero-order valence-corrected chi connectivity index (χ0v) is 27.7. The maximum atomic E-state index is 12.5. The van der Waals surface area contributed by atoms with E-state index in [1.165, 1.54) is 16.7 Å². The molecular weight excluding hydrogens is 592 g/mol. The molecule has 4 aromatic rings. The quantitative estimate of drug-likeness (QED) is 0.0695. The van der Waals surface area contributed by atoms with Crippen LogP contribution in [-0.4, -0.2) is 30.8 Å². The van der Waals surface area contributed by atoms with Crippen LogP contribution in [0.3, 0.4) is 0 Å². The van der Waals surface area contributed by atoms with Crippen molar-refractivity contribution in [2.75, 3.05) is 25.1 Å². The first-order valence-corrected chi connectivity index (χ1v) is 16.0. The molecule has 1 N–H and O–H groups in total. The number of fused-ring (bicyclic) bond motifs is 1. The van der Waals surface area contributed by atoms with E-state index >= 15 is 0 Å². The van der Waals surface area contributed by atoms with E-state index in [9.17, 15) is 9.59 Å². The van der Waals surface area contributed by atoms with Crippen LogP contribution in [0.15, 0.2) is 117 Å². The Balaban J connectivity index is 1.13. The van der Waals surface area contributed by atoms with Crippen LogP contribution >= 0.6 is 0 Å². The summed E-state index contributed by atoms with van der Waals surface area (Å²) in [4.78, 5) is 29.1. The molecule has 8 nitrogen and oxygen atoms in total. The highest BCUT2D eigenvalue weighted by atomic mass is 16.5. The second-order valence-corrected chi connectivity index (χ2v) is 11.6. The molecule has 0 unspecified atom stereocenters. The van der Waals surface area contributed by atoms with E-state index in [4.69, 9.17) is 18.6 Å². The van der Waals surface area contributed by atoms with Crippen LogP contribution in [0.2, 0.25) is 0 Å². The molecule has 0 bridgehead atoms. The third kappa shape index (κ3) is 12.0. The average molecular weight is 637 g/mol. The predicted molar refractivity (Wildman–Crippen MR) is 188 cm³/mol. The molecule has 0 aliphatic rings. The van der Waals surface area contributed by atoms with Gasteiger partial charge >= 0.3 is 17.6 Å². The van der Waals surface area contributed by atoms with E-state index in [1.54, 1.807) is 48.5 Å². The Bertz CT molecular complexity index is 1760. The molecule has 47 heavy (non-hydrogen) atoms. The van der Waals surface area contributed by atoms with Gasteiger partial charge in [0.05, 0.1) is 29.7 Å². The molecule has 0 saturated heterocycles. The van der Waals surface area contributed by atoms with Crippen molar-refractivity contribution in [1.82, 2.24) is 4.98 Å². The summed E-state index contributed by atoms with van der Waals surface area (Å²) in [5, 5.41) is 3.43. The molecule has 0 amide bonds. The lowest BCUT2D eigenvalue weighted by molar-refractivity contribution is 0.0486. The second-order valence-electron chi connectivity index (χ2n) is 11.6. The molecule has 0 saturated carbocycles. The third-order valence-corrected chi connectivity index (χ3v) is 7.31. The number of carbonyl (C=O) groups excluding carboxylic acids is 1. The van der Waals surface area contributed by atoms with Crippen molar-refractivity contribution in [1.29, 1.82) is 0 Å². The van der Waals surface area contributed by atoms with Crippen molar-refractivity contribution in [3.63, 3.8) is 0 Å².